The molecule has 2 unspecified atom stereocenters. The van der Waals surface area contributed by atoms with Crippen molar-refractivity contribution in [2.45, 2.75) is 30.7 Å². The quantitative estimate of drug-likeness (QED) is 0.125. The Morgan fingerprint density at radius 3 is 1.24 bits per heavy atom. The summed E-state index contributed by atoms with van der Waals surface area (Å²) in [6.45, 7) is 0. The lowest BCUT2D eigenvalue weighted by atomic mass is 9.93. The Morgan fingerprint density at radius 2 is 0.818 bits per heavy atom. The largest absolute Gasteiger partial charge is 0.496 e. The van der Waals surface area contributed by atoms with E-state index in [0.29, 0.717) is 11.8 Å². The van der Waals surface area contributed by atoms with Gasteiger partial charge in [-0.05, 0) is 58.7 Å². The van der Waals surface area contributed by atoms with E-state index in [4.69, 9.17) is 38.4 Å². The highest BCUT2D eigenvalue weighted by molar-refractivity contribution is 5.99. The molecule has 0 fully saturated rings. The lowest BCUT2D eigenvalue weighted by Gasteiger charge is -2.22. The smallest absolute Gasteiger partial charge is 0.194 e. The van der Waals surface area contributed by atoms with Crippen LogP contribution in [0.4, 0.5) is 0 Å². The van der Waals surface area contributed by atoms with Crippen molar-refractivity contribution in [2.75, 3.05) is 28.4 Å². The summed E-state index contributed by atoms with van der Waals surface area (Å²) in [4.78, 5) is 10.5. The number of aliphatic imine (C=N–C) groups is 2. The average molecular weight is 731 g/mol. The van der Waals surface area contributed by atoms with Gasteiger partial charge in [0.05, 0.1) is 34.9 Å². The molecule has 0 aliphatic carbocycles. The molecule has 0 amide bonds. The zero-order valence-electron chi connectivity index (χ0n) is 31.2. The molecule has 0 bridgehead atoms. The molecule has 0 saturated carbocycles. The van der Waals surface area contributed by atoms with Crippen LogP contribution < -0.4 is 18.9 Å². The fourth-order valence-electron chi connectivity index (χ4n) is 7.55. The summed E-state index contributed by atoms with van der Waals surface area (Å²) in [7, 11) is 6.73. The van der Waals surface area contributed by atoms with Crippen molar-refractivity contribution in [3.8, 4) is 45.3 Å². The van der Waals surface area contributed by atoms with Gasteiger partial charge in [0, 0.05) is 22.3 Å². The number of hydrogen-bond acceptors (Lipinski definition) is 8. The molecular formula is C47H42N2O6. The van der Waals surface area contributed by atoms with E-state index in [9.17, 15) is 0 Å². The van der Waals surface area contributed by atoms with E-state index >= 15 is 0 Å². The maximum Gasteiger partial charge on any atom is 0.194 e. The zero-order chi connectivity index (χ0) is 37.7. The second-order valence-corrected chi connectivity index (χ2v) is 13.3. The average Bonchev–Trinajstić information content (AvgIpc) is 3.88. The van der Waals surface area contributed by atoms with Crippen LogP contribution in [0.1, 0.15) is 53.0 Å². The fourth-order valence-corrected chi connectivity index (χ4v) is 7.55. The number of para-hydroxylation sites is 4. The van der Waals surface area contributed by atoms with Gasteiger partial charge in [-0.2, -0.15) is 0 Å². The van der Waals surface area contributed by atoms with E-state index in [-0.39, 0.29) is 18.5 Å². The predicted molar refractivity (Wildman–Crippen MR) is 215 cm³/mol. The summed E-state index contributed by atoms with van der Waals surface area (Å²) in [5.74, 6) is 4.13. The summed E-state index contributed by atoms with van der Waals surface area (Å²) in [5.41, 5.74) is 7.87. The molecule has 2 heterocycles. The molecule has 276 valence electrons. The first-order valence-electron chi connectivity index (χ1n) is 18.3. The minimum atomic E-state index is -0.445. The summed E-state index contributed by atoms with van der Waals surface area (Å²) < 4.78 is 36.6. The number of benzene rings is 6. The maximum absolute atomic E-state index is 6.78. The van der Waals surface area contributed by atoms with Gasteiger partial charge >= 0.3 is 0 Å². The Bertz CT molecular complexity index is 2210. The topological polar surface area (TPSA) is 80.1 Å². The maximum atomic E-state index is 6.78. The number of methoxy groups -OCH3 is 4. The molecule has 6 aromatic rings. The van der Waals surface area contributed by atoms with E-state index in [0.717, 1.165) is 67.5 Å². The lowest BCUT2D eigenvalue weighted by Crippen LogP contribution is -2.14. The Hall–Kier alpha value is -6.54. The minimum Gasteiger partial charge on any atom is -0.496 e. The molecule has 0 N–H and O–H groups in total. The summed E-state index contributed by atoms with van der Waals surface area (Å²) >= 11 is 0. The molecule has 55 heavy (non-hydrogen) atoms. The van der Waals surface area contributed by atoms with Crippen molar-refractivity contribution in [2.24, 2.45) is 9.98 Å². The first-order valence-corrected chi connectivity index (χ1v) is 18.3. The highest BCUT2D eigenvalue weighted by atomic mass is 16.5. The minimum absolute atomic E-state index is 0.267. The Balaban J connectivity index is 1.17. The van der Waals surface area contributed by atoms with Crippen molar-refractivity contribution >= 4 is 11.8 Å². The standard InChI is InChI=1S/C47H42N2O6/c1-50-38-23-9-5-19-34(38)30-15-13-17-32(27-30)44-46(36-21-7-11-25-40(36)52-3)54-42(48-44)29-43-49-45(47(55-43)37-22-8-12-26-41(37)53-4)33-18-14-16-31(28-33)35-20-6-10-24-39(35)51-2/h5-28,44-47H,29H2,1-4H3/t44-,45-,46?,47?/m1/s1. The van der Waals surface area contributed by atoms with Crippen molar-refractivity contribution in [1.29, 1.82) is 0 Å². The highest BCUT2D eigenvalue weighted by Gasteiger charge is 2.40. The molecule has 8 nitrogen and oxygen atoms in total. The summed E-state index contributed by atoms with van der Waals surface area (Å²) in [6, 6.07) is 48.0. The van der Waals surface area contributed by atoms with Gasteiger partial charge in [-0.15, -0.1) is 0 Å². The Labute approximate surface area is 321 Å². The van der Waals surface area contributed by atoms with Crippen LogP contribution in [-0.4, -0.2) is 40.2 Å². The van der Waals surface area contributed by atoms with Crippen LogP contribution in [0.15, 0.2) is 156 Å². The van der Waals surface area contributed by atoms with Crippen LogP contribution >= 0.6 is 0 Å². The van der Waals surface area contributed by atoms with Gasteiger partial charge in [0.15, 0.2) is 24.0 Å². The number of ether oxygens (including phenoxy) is 6. The van der Waals surface area contributed by atoms with Crippen molar-refractivity contribution in [3.05, 3.63) is 168 Å². The first kappa shape index (κ1) is 35.5. The molecular weight excluding hydrogens is 689 g/mol. The molecule has 0 spiro atoms. The van der Waals surface area contributed by atoms with Crippen LogP contribution in [-0.2, 0) is 9.47 Å². The normalized spacial score (nSPS) is 18.8. The van der Waals surface area contributed by atoms with Gasteiger partial charge in [0.2, 0.25) is 0 Å². The molecule has 0 radical (unpaired) electrons. The fraction of sp³-hybridized carbons (Fsp3) is 0.191. The second-order valence-electron chi connectivity index (χ2n) is 13.3. The van der Waals surface area contributed by atoms with E-state index in [1.165, 1.54) is 0 Å². The predicted octanol–water partition coefficient (Wildman–Crippen LogP) is 10.6. The zero-order valence-corrected chi connectivity index (χ0v) is 31.2. The molecule has 8 rings (SSSR count). The van der Waals surface area contributed by atoms with E-state index in [2.05, 4.69) is 60.7 Å². The van der Waals surface area contributed by atoms with Crippen LogP contribution in [0.5, 0.6) is 23.0 Å². The Morgan fingerprint density at radius 1 is 0.436 bits per heavy atom. The number of hydrogen-bond donors (Lipinski definition) is 0. The van der Waals surface area contributed by atoms with Gasteiger partial charge in [0.1, 0.15) is 35.1 Å². The molecule has 8 heteroatoms. The van der Waals surface area contributed by atoms with Gasteiger partial charge in [-0.25, -0.2) is 9.98 Å². The number of rotatable bonds is 12. The SMILES string of the molecule is COc1ccccc1-c1cccc([C@H]2N=C(CC3=N[C@H](c4cccc(-c5ccccc5OC)c4)C(c4ccccc4OC)O3)OC2c2ccccc2OC)c1. The van der Waals surface area contributed by atoms with Crippen LogP contribution in [0.3, 0.4) is 0 Å². The second kappa shape index (κ2) is 15.8. The monoisotopic (exact) mass is 730 g/mol. The van der Waals surface area contributed by atoms with Crippen molar-refractivity contribution < 1.29 is 28.4 Å². The summed E-state index contributed by atoms with van der Waals surface area (Å²) in [6.07, 6.45) is -0.623. The van der Waals surface area contributed by atoms with Crippen molar-refractivity contribution in [1.82, 2.24) is 0 Å². The molecule has 6 aromatic carbocycles. The van der Waals surface area contributed by atoms with E-state index in [1.54, 1.807) is 28.4 Å². The third-order valence-electron chi connectivity index (χ3n) is 10.2. The molecule has 2 aliphatic rings. The van der Waals surface area contributed by atoms with Gasteiger partial charge in [-0.3, -0.25) is 0 Å². The Kier molecular flexibility index (Phi) is 10.2. The highest BCUT2D eigenvalue weighted by Crippen LogP contribution is 2.48. The van der Waals surface area contributed by atoms with Gasteiger partial charge < -0.3 is 28.4 Å². The lowest BCUT2D eigenvalue weighted by molar-refractivity contribution is 0.178. The first-order chi connectivity index (χ1) is 27.1. The van der Waals surface area contributed by atoms with E-state index < -0.39 is 12.2 Å². The summed E-state index contributed by atoms with van der Waals surface area (Å²) in [5, 5.41) is 0. The van der Waals surface area contributed by atoms with Crippen LogP contribution in [0, 0.1) is 0 Å². The van der Waals surface area contributed by atoms with E-state index in [1.807, 2.05) is 84.9 Å². The molecule has 4 atom stereocenters. The molecule has 0 aromatic heterocycles. The van der Waals surface area contributed by atoms with Crippen LogP contribution in [0.25, 0.3) is 22.3 Å². The molecule has 0 saturated heterocycles. The number of nitrogens with zero attached hydrogens (tertiary/aromatic N) is 2. The molecule has 2 aliphatic heterocycles. The van der Waals surface area contributed by atoms with Gasteiger partial charge in [-0.1, -0.05) is 109 Å². The third kappa shape index (κ3) is 7.11. The van der Waals surface area contributed by atoms with Gasteiger partial charge in [0.25, 0.3) is 0 Å². The van der Waals surface area contributed by atoms with Crippen molar-refractivity contribution in [3.63, 3.8) is 0 Å². The van der Waals surface area contributed by atoms with Crippen LogP contribution in [0.2, 0.25) is 0 Å². The third-order valence-corrected chi connectivity index (χ3v) is 10.2.